The zero-order valence-corrected chi connectivity index (χ0v) is 31.1. The van der Waals surface area contributed by atoms with Crippen molar-refractivity contribution in [1.82, 2.24) is 19.1 Å². The van der Waals surface area contributed by atoms with Gasteiger partial charge in [0.2, 0.25) is 0 Å². The number of aromatic nitrogens is 4. The van der Waals surface area contributed by atoms with Crippen molar-refractivity contribution in [3.63, 3.8) is 0 Å². The molecule has 0 N–H and O–H groups in total. The van der Waals surface area contributed by atoms with E-state index in [9.17, 15) is 31.6 Å². The molecule has 0 aliphatic rings. The van der Waals surface area contributed by atoms with Gasteiger partial charge >= 0.3 is 12.4 Å². The Morgan fingerprint density at radius 1 is 0.433 bits per heavy atom. The van der Waals surface area contributed by atoms with E-state index in [0.717, 1.165) is 35.4 Å². The fourth-order valence-corrected chi connectivity index (χ4v) is 8.15. The van der Waals surface area contributed by atoms with Gasteiger partial charge in [-0.15, -0.1) is 0 Å². The Morgan fingerprint density at radius 2 is 0.833 bits per heavy atom. The molecule has 0 fully saturated rings. The second-order valence-corrected chi connectivity index (χ2v) is 14.4. The lowest BCUT2D eigenvalue weighted by atomic mass is 10.0. The summed E-state index contributed by atoms with van der Waals surface area (Å²) in [5.74, 6) is 0.209. The maximum atomic E-state index is 14.2. The first kappa shape index (κ1) is 36.6. The van der Waals surface area contributed by atoms with Crippen LogP contribution in [0.15, 0.2) is 164 Å². The van der Waals surface area contributed by atoms with E-state index in [0.29, 0.717) is 71.9 Å². The average Bonchev–Trinajstić information content (AvgIpc) is 3.78. The zero-order chi connectivity index (χ0) is 41.3. The zero-order valence-electron chi connectivity index (χ0n) is 31.1. The molecule has 0 amide bonds. The quantitative estimate of drug-likeness (QED) is 0.163. The smallest absolute Gasteiger partial charge is 0.308 e. The lowest BCUT2D eigenvalue weighted by Crippen LogP contribution is -2.08. The van der Waals surface area contributed by atoms with Crippen molar-refractivity contribution in [2.45, 2.75) is 12.4 Å². The molecule has 0 saturated heterocycles. The van der Waals surface area contributed by atoms with Crippen molar-refractivity contribution in [2.75, 3.05) is 0 Å². The molecule has 0 unspecified atom stereocenters. The maximum Gasteiger partial charge on any atom is 0.416 e. The average molecular weight is 800 g/mol. The van der Waals surface area contributed by atoms with Crippen LogP contribution in [0.25, 0.3) is 88.9 Å². The minimum atomic E-state index is -4.61. The molecule has 10 aromatic rings. The maximum absolute atomic E-state index is 14.2. The topological polar surface area (TPSA) is 59.4 Å². The van der Waals surface area contributed by atoms with Gasteiger partial charge in [-0.05, 0) is 66.7 Å². The Bertz CT molecular complexity index is 3150. The number of nitriles is 1. The van der Waals surface area contributed by atoms with E-state index in [-0.39, 0.29) is 11.4 Å². The molecule has 0 atom stereocenters. The molecular weight excluding hydrogens is 773 g/mol. The van der Waals surface area contributed by atoms with Gasteiger partial charge in [0.05, 0.1) is 73.2 Å². The largest absolute Gasteiger partial charge is 0.416 e. The molecule has 0 radical (unpaired) electrons. The van der Waals surface area contributed by atoms with Crippen molar-refractivity contribution in [2.24, 2.45) is 0 Å². The number of hydrogen-bond donors (Lipinski definition) is 0. The molecule has 60 heavy (non-hydrogen) atoms. The first-order chi connectivity index (χ1) is 29.0. The highest BCUT2D eigenvalue weighted by atomic mass is 19.4. The summed E-state index contributed by atoms with van der Waals surface area (Å²) >= 11 is 0. The molecule has 0 saturated carbocycles. The number of halogens is 6. The van der Waals surface area contributed by atoms with Gasteiger partial charge < -0.3 is 9.13 Å². The molecule has 290 valence electrons. The Balaban J connectivity index is 1.40. The molecule has 3 aromatic heterocycles. The summed E-state index contributed by atoms with van der Waals surface area (Å²) < 4.78 is 88.9. The third kappa shape index (κ3) is 6.03. The van der Waals surface area contributed by atoms with Gasteiger partial charge in [-0.3, -0.25) is 0 Å². The van der Waals surface area contributed by atoms with Crippen LogP contribution in [0.1, 0.15) is 16.7 Å². The van der Waals surface area contributed by atoms with Crippen LogP contribution in [0.2, 0.25) is 0 Å². The molecule has 5 nitrogen and oxygen atoms in total. The highest BCUT2D eigenvalue weighted by Crippen LogP contribution is 2.44. The summed E-state index contributed by atoms with van der Waals surface area (Å²) in [5, 5.41) is 12.4. The number of fused-ring (bicyclic) bond motifs is 6. The Kier molecular flexibility index (Phi) is 8.36. The van der Waals surface area contributed by atoms with Crippen molar-refractivity contribution in [3.05, 3.63) is 180 Å². The van der Waals surface area contributed by atoms with E-state index in [1.807, 2.05) is 66.7 Å². The van der Waals surface area contributed by atoms with Crippen molar-refractivity contribution < 1.29 is 26.3 Å². The van der Waals surface area contributed by atoms with Crippen LogP contribution in [-0.4, -0.2) is 19.1 Å². The molecule has 0 spiro atoms. The monoisotopic (exact) mass is 799 g/mol. The van der Waals surface area contributed by atoms with Gasteiger partial charge in [0.1, 0.15) is 0 Å². The SMILES string of the molecule is N#Cc1cc(-n2c3ccccc3c3cc(C(F)(F)F)ccc32)c(-c2nc(-c3ccccc3)cc(-c3ccccc3)n2)c(-n2c3ccccc3c3cc(C(F)(F)F)ccc32)c1. The number of alkyl halides is 6. The summed E-state index contributed by atoms with van der Waals surface area (Å²) in [6.07, 6.45) is -9.23. The number of para-hydroxylation sites is 2. The van der Waals surface area contributed by atoms with Crippen LogP contribution in [0.5, 0.6) is 0 Å². The highest BCUT2D eigenvalue weighted by molar-refractivity contribution is 6.12. The van der Waals surface area contributed by atoms with Gasteiger partial charge in [0, 0.05) is 32.7 Å². The lowest BCUT2D eigenvalue weighted by Gasteiger charge is -2.21. The highest BCUT2D eigenvalue weighted by Gasteiger charge is 2.33. The second-order valence-electron chi connectivity index (χ2n) is 14.4. The molecule has 10 rings (SSSR count). The van der Waals surface area contributed by atoms with Gasteiger partial charge in [-0.25, -0.2) is 9.97 Å². The van der Waals surface area contributed by atoms with Crippen LogP contribution in [0, 0.1) is 11.3 Å². The third-order valence-corrected chi connectivity index (χ3v) is 10.8. The minimum Gasteiger partial charge on any atom is -0.308 e. The van der Waals surface area contributed by atoms with Gasteiger partial charge in [-0.2, -0.15) is 31.6 Å². The number of benzene rings is 7. The van der Waals surface area contributed by atoms with Gasteiger partial charge in [0.25, 0.3) is 0 Å². The van der Waals surface area contributed by atoms with Crippen molar-refractivity contribution >= 4 is 43.6 Å². The minimum absolute atomic E-state index is 0.182. The van der Waals surface area contributed by atoms with E-state index >= 15 is 0 Å². The standard InChI is InChI=1S/C49H27F6N5/c50-48(51,52)32-19-21-42-36(25-32)34-15-7-9-17-40(34)59(42)44-23-29(28-56)24-45(60-41-18-10-8-16-35(41)37-26-33(49(53,54)55)20-22-43(37)60)46(44)47-57-38(30-11-3-1-4-12-30)27-39(58-47)31-13-5-2-6-14-31/h1-27H. The van der Waals surface area contributed by atoms with Crippen LogP contribution in [0.3, 0.4) is 0 Å². The first-order valence-corrected chi connectivity index (χ1v) is 18.8. The normalized spacial score (nSPS) is 12.2. The molecule has 0 aliphatic heterocycles. The molecular formula is C49H27F6N5. The summed E-state index contributed by atoms with van der Waals surface area (Å²) in [6.45, 7) is 0. The Morgan fingerprint density at radius 3 is 1.25 bits per heavy atom. The van der Waals surface area contributed by atoms with E-state index < -0.39 is 23.5 Å². The van der Waals surface area contributed by atoms with E-state index in [1.54, 1.807) is 69.8 Å². The number of rotatable bonds is 5. The number of nitrogens with zero attached hydrogens (tertiary/aromatic N) is 5. The van der Waals surface area contributed by atoms with E-state index in [1.165, 1.54) is 12.1 Å². The molecule has 3 heterocycles. The van der Waals surface area contributed by atoms with Crippen LogP contribution in [0.4, 0.5) is 26.3 Å². The van der Waals surface area contributed by atoms with Crippen molar-refractivity contribution in [3.8, 4) is 51.3 Å². The second kappa shape index (κ2) is 13.7. The molecule has 0 aliphatic carbocycles. The first-order valence-electron chi connectivity index (χ1n) is 18.8. The predicted octanol–water partition coefficient (Wildman–Crippen LogP) is 13.6. The predicted molar refractivity (Wildman–Crippen MR) is 222 cm³/mol. The van der Waals surface area contributed by atoms with E-state index in [2.05, 4.69) is 6.07 Å². The van der Waals surface area contributed by atoms with Crippen LogP contribution >= 0.6 is 0 Å². The molecule has 7 aromatic carbocycles. The lowest BCUT2D eigenvalue weighted by molar-refractivity contribution is -0.138. The Labute approximate surface area is 337 Å². The van der Waals surface area contributed by atoms with Gasteiger partial charge in [-0.1, -0.05) is 97.1 Å². The summed E-state index contributed by atoms with van der Waals surface area (Å²) in [4.78, 5) is 10.4. The fourth-order valence-electron chi connectivity index (χ4n) is 8.15. The summed E-state index contributed by atoms with van der Waals surface area (Å²) in [7, 11) is 0. The van der Waals surface area contributed by atoms with Crippen LogP contribution < -0.4 is 0 Å². The fraction of sp³-hybridized carbons (Fsp3) is 0.0408. The summed E-state index contributed by atoms with van der Waals surface area (Å²) in [5.41, 5.74) is 4.31. The molecule has 0 bridgehead atoms. The van der Waals surface area contributed by atoms with E-state index in [4.69, 9.17) is 9.97 Å². The van der Waals surface area contributed by atoms with Crippen LogP contribution in [-0.2, 0) is 12.4 Å². The molecule has 11 heteroatoms. The Hall–Kier alpha value is -7.71. The van der Waals surface area contributed by atoms with Gasteiger partial charge in [0.15, 0.2) is 5.82 Å². The third-order valence-electron chi connectivity index (χ3n) is 10.8. The number of hydrogen-bond acceptors (Lipinski definition) is 3. The van der Waals surface area contributed by atoms with Crippen molar-refractivity contribution in [1.29, 1.82) is 5.26 Å². The summed E-state index contributed by atoms with van der Waals surface area (Å²) in [6, 6.07) is 47.7.